The summed E-state index contributed by atoms with van der Waals surface area (Å²) in [4.78, 5) is 11.8. The minimum absolute atomic E-state index is 0.0292. The molecule has 2 aromatic rings. The molecule has 2 N–H and O–H groups in total. The number of ether oxygens (including phenoxy) is 1. The molecule has 6 heteroatoms. The van der Waals surface area contributed by atoms with E-state index in [1.807, 2.05) is 30.3 Å². The van der Waals surface area contributed by atoms with Crippen molar-refractivity contribution in [3.8, 4) is 5.75 Å². The summed E-state index contributed by atoms with van der Waals surface area (Å²) in [5.74, 6) is -0.662. The van der Waals surface area contributed by atoms with E-state index in [2.05, 4.69) is 0 Å². The molecule has 1 atom stereocenters. The molecule has 2 aromatic carbocycles. The third kappa shape index (κ3) is 4.33. The van der Waals surface area contributed by atoms with E-state index in [4.69, 9.17) is 10.5 Å². The monoisotopic (exact) mass is 309 g/mol. The minimum Gasteiger partial charge on any atom is -0.425 e. The third-order valence-corrected chi connectivity index (χ3v) is 3.00. The van der Waals surface area contributed by atoms with E-state index in [0.717, 1.165) is 29.8 Å². The van der Waals surface area contributed by atoms with Gasteiger partial charge in [0, 0.05) is 0 Å². The Labute approximate surface area is 125 Å². The number of halogens is 3. The number of hydrogen-bond acceptors (Lipinski definition) is 3. The van der Waals surface area contributed by atoms with Crippen molar-refractivity contribution in [3.63, 3.8) is 0 Å². The molecule has 22 heavy (non-hydrogen) atoms. The molecule has 0 saturated heterocycles. The van der Waals surface area contributed by atoms with Crippen LogP contribution in [-0.4, -0.2) is 12.0 Å². The standard InChI is InChI=1S/C16H14F3NO2/c17-16(18,19)12-6-8-13(9-7-12)22-15(21)14(20)10-11-4-2-1-3-5-11/h1-9,14H,10,20H2/t14-/m0/s1. The number of benzene rings is 2. The lowest BCUT2D eigenvalue weighted by atomic mass is 10.1. The maximum absolute atomic E-state index is 12.4. The van der Waals surface area contributed by atoms with Gasteiger partial charge >= 0.3 is 12.1 Å². The molecule has 0 bridgehead atoms. The average molecular weight is 309 g/mol. The lowest BCUT2D eigenvalue weighted by Gasteiger charge is -2.12. The maximum Gasteiger partial charge on any atom is 0.416 e. The van der Waals surface area contributed by atoms with E-state index in [0.29, 0.717) is 6.42 Å². The molecule has 0 saturated carbocycles. The van der Waals surface area contributed by atoms with Crippen LogP contribution in [0.25, 0.3) is 0 Å². The number of carbonyl (C=O) groups excluding carboxylic acids is 1. The van der Waals surface area contributed by atoms with Crippen molar-refractivity contribution in [2.75, 3.05) is 0 Å². The Morgan fingerprint density at radius 1 is 1.05 bits per heavy atom. The molecule has 0 aliphatic rings. The summed E-state index contributed by atoms with van der Waals surface area (Å²) in [5, 5.41) is 0. The van der Waals surface area contributed by atoms with Crippen LogP contribution in [0.3, 0.4) is 0 Å². The second-order valence-corrected chi connectivity index (χ2v) is 4.74. The molecule has 116 valence electrons. The van der Waals surface area contributed by atoms with Gasteiger partial charge in [-0.15, -0.1) is 0 Å². The van der Waals surface area contributed by atoms with Gasteiger partial charge in [-0.05, 0) is 36.2 Å². The molecular formula is C16H14F3NO2. The van der Waals surface area contributed by atoms with Crippen molar-refractivity contribution in [2.24, 2.45) is 5.73 Å². The fraction of sp³-hybridized carbons (Fsp3) is 0.188. The molecule has 3 nitrogen and oxygen atoms in total. The first-order chi connectivity index (χ1) is 10.4. The molecule has 0 unspecified atom stereocenters. The Kier molecular flexibility index (Phi) is 4.82. The summed E-state index contributed by atoms with van der Waals surface area (Å²) >= 11 is 0. The van der Waals surface area contributed by atoms with Gasteiger partial charge in [0.1, 0.15) is 11.8 Å². The highest BCUT2D eigenvalue weighted by Gasteiger charge is 2.30. The maximum atomic E-state index is 12.4. The number of carbonyl (C=O) groups is 1. The van der Waals surface area contributed by atoms with Gasteiger partial charge in [0.25, 0.3) is 0 Å². The van der Waals surface area contributed by atoms with Gasteiger partial charge in [-0.2, -0.15) is 13.2 Å². The van der Waals surface area contributed by atoms with Crippen molar-refractivity contribution in [1.82, 2.24) is 0 Å². The Morgan fingerprint density at radius 3 is 2.18 bits per heavy atom. The Morgan fingerprint density at radius 2 is 1.64 bits per heavy atom. The SMILES string of the molecule is N[C@@H](Cc1ccccc1)C(=O)Oc1ccc(C(F)(F)F)cc1. The first kappa shape index (κ1) is 16.0. The molecule has 0 aliphatic carbocycles. The summed E-state index contributed by atoms with van der Waals surface area (Å²) in [6.45, 7) is 0. The van der Waals surface area contributed by atoms with Gasteiger partial charge in [-0.1, -0.05) is 30.3 Å². The van der Waals surface area contributed by atoms with Gasteiger partial charge in [-0.25, -0.2) is 4.79 Å². The molecule has 0 spiro atoms. The zero-order valence-electron chi connectivity index (χ0n) is 11.5. The molecule has 0 aromatic heterocycles. The van der Waals surface area contributed by atoms with Crippen molar-refractivity contribution in [2.45, 2.75) is 18.6 Å². The fourth-order valence-electron chi connectivity index (χ4n) is 1.86. The van der Waals surface area contributed by atoms with Crippen LogP contribution in [0.15, 0.2) is 54.6 Å². The lowest BCUT2D eigenvalue weighted by molar-refractivity contribution is -0.137. The number of nitrogens with two attached hydrogens (primary N) is 1. The molecule has 0 aliphatic heterocycles. The number of hydrogen-bond donors (Lipinski definition) is 1. The van der Waals surface area contributed by atoms with E-state index >= 15 is 0 Å². The van der Waals surface area contributed by atoms with E-state index in [9.17, 15) is 18.0 Å². The summed E-state index contributed by atoms with van der Waals surface area (Å²) in [6, 6.07) is 12.1. The van der Waals surface area contributed by atoms with Crippen LogP contribution in [0, 0.1) is 0 Å². The molecule has 0 amide bonds. The highest BCUT2D eigenvalue weighted by atomic mass is 19.4. The smallest absolute Gasteiger partial charge is 0.416 e. The highest BCUT2D eigenvalue weighted by Crippen LogP contribution is 2.30. The predicted molar refractivity (Wildman–Crippen MR) is 75.2 cm³/mol. The Balaban J connectivity index is 1.96. The van der Waals surface area contributed by atoms with E-state index < -0.39 is 23.8 Å². The number of alkyl halides is 3. The summed E-state index contributed by atoms with van der Waals surface area (Å²) in [5.41, 5.74) is 5.81. The van der Waals surface area contributed by atoms with Crippen LogP contribution in [0.4, 0.5) is 13.2 Å². The highest BCUT2D eigenvalue weighted by molar-refractivity contribution is 5.78. The van der Waals surface area contributed by atoms with E-state index in [1.54, 1.807) is 0 Å². The van der Waals surface area contributed by atoms with Gasteiger partial charge in [0.15, 0.2) is 0 Å². The van der Waals surface area contributed by atoms with Crippen LogP contribution in [0.5, 0.6) is 5.75 Å². The Hall–Kier alpha value is -2.34. The zero-order valence-corrected chi connectivity index (χ0v) is 11.5. The Bertz CT molecular complexity index is 624. The number of rotatable bonds is 4. The van der Waals surface area contributed by atoms with Crippen LogP contribution in [0.1, 0.15) is 11.1 Å². The van der Waals surface area contributed by atoms with Gasteiger partial charge in [0.2, 0.25) is 0 Å². The first-order valence-corrected chi connectivity index (χ1v) is 6.55. The lowest BCUT2D eigenvalue weighted by Crippen LogP contribution is -2.36. The average Bonchev–Trinajstić information content (AvgIpc) is 2.48. The second-order valence-electron chi connectivity index (χ2n) is 4.74. The molecule has 0 radical (unpaired) electrons. The summed E-state index contributed by atoms with van der Waals surface area (Å²) < 4.78 is 42.3. The van der Waals surface area contributed by atoms with Crippen molar-refractivity contribution in [3.05, 3.63) is 65.7 Å². The van der Waals surface area contributed by atoms with Crippen molar-refractivity contribution >= 4 is 5.97 Å². The summed E-state index contributed by atoms with van der Waals surface area (Å²) in [7, 11) is 0. The van der Waals surface area contributed by atoms with Gasteiger partial charge in [-0.3, -0.25) is 0 Å². The molecule has 2 rings (SSSR count). The third-order valence-electron chi connectivity index (χ3n) is 3.00. The van der Waals surface area contributed by atoms with Crippen molar-refractivity contribution in [1.29, 1.82) is 0 Å². The second kappa shape index (κ2) is 6.62. The van der Waals surface area contributed by atoms with Crippen molar-refractivity contribution < 1.29 is 22.7 Å². The van der Waals surface area contributed by atoms with Crippen LogP contribution >= 0.6 is 0 Å². The van der Waals surface area contributed by atoms with Crippen LogP contribution in [-0.2, 0) is 17.4 Å². The topological polar surface area (TPSA) is 52.3 Å². The van der Waals surface area contributed by atoms with E-state index in [-0.39, 0.29) is 5.75 Å². The first-order valence-electron chi connectivity index (χ1n) is 6.55. The van der Waals surface area contributed by atoms with Gasteiger partial charge in [0.05, 0.1) is 5.56 Å². The number of esters is 1. The van der Waals surface area contributed by atoms with E-state index in [1.165, 1.54) is 0 Å². The molecule has 0 heterocycles. The normalized spacial score (nSPS) is 12.7. The summed E-state index contributed by atoms with van der Waals surface area (Å²) in [6.07, 6.45) is -4.13. The fourth-order valence-corrected chi connectivity index (χ4v) is 1.86. The molecule has 0 fully saturated rings. The van der Waals surface area contributed by atoms with Gasteiger partial charge < -0.3 is 10.5 Å². The zero-order chi connectivity index (χ0) is 16.2. The molecular weight excluding hydrogens is 295 g/mol. The predicted octanol–water partition coefficient (Wildman–Crippen LogP) is 3.18. The quantitative estimate of drug-likeness (QED) is 0.697. The van der Waals surface area contributed by atoms with Crippen LogP contribution < -0.4 is 10.5 Å². The minimum atomic E-state index is -4.42. The van der Waals surface area contributed by atoms with Crippen LogP contribution in [0.2, 0.25) is 0 Å². The largest absolute Gasteiger partial charge is 0.425 e.